The first kappa shape index (κ1) is 15.7. The lowest BCUT2D eigenvalue weighted by Gasteiger charge is -2.12. The molecule has 0 saturated heterocycles. The summed E-state index contributed by atoms with van der Waals surface area (Å²) in [5, 5.41) is 12.8. The van der Waals surface area contributed by atoms with E-state index >= 15 is 0 Å². The summed E-state index contributed by atoms with van der Waals surface area (Å²) in [7, 11) is 3.05. The number of amides is 1. The van der Waals surface area contributed by atoms with Crippen LogP contribution in [0.5, 0.6) is 17.2 Å². The average molecular weight is 301 g/mol. The zero-order valence-corrected chi connectivity index (χ0v) is 12.6. The number of rotatable bonds is 6. The van der Waals surface area contributed by atoms with E-state index in [4.69, 9.17) is 9.47 Å². The van der Waals surface area contributed by atoms with Gasteiger partial charge in [-0.15, -0.1) is 0 Å². The molecule has 5 heteroatoms. The molecule has 0 aliphatic heterocycles. The minimum absolute atomic E-state index is 0.117. The van der Waals surface area contributed by atoms with Crippen LogP contribution in [-0.2, 0) is 6.42 Å². The van der Waals surface area contributed by atoms with Crippen molar-refractivity contribution >= 4 is 5.91 Å². The molecule has 0 atom stereocenters. The van der Waals surface area contributed by atoms with Gasteiger partial charge in [-0.25, -0.2) is 0 Å². The minimum Gasteiger partial charge on any atom is -0.508 e. The van der Waals surface area contributed by atoms with Crippen molar-refractivity contribution in [2.45, 2.75) is 6.42 Å². The summed E-state index contributed by atoms with van der Waals surface area (Å²) in [5.74, 6) is 0.994. The Balaban J connectivity index is 1.98. The molecule has 22 heavy (non-hydrogen) atoms. The third-order valence-electron chi connectivity index (χ3n) is 3.30. The van der Waals surface area contributed by atoms with E-state index in [1.165, 1.54) is 20.3 Å². The molecule has 0 aliphatic rings. The molecule has 5 nitrogen and oxygen atoms in total. The van der Waals surface area contributed by atoms with Gasteiger partial charge < -0.3 is 19.9 Å². The first-order valence-electron chi connectivity index (χ1n) is 6.92. The second-order valence-corrected chi connectivity index (χ2v) is 4.71. The van der Waals surface area contributed by atoms with Gasteiger partial charge in [0.1, 0.15) is 5.75 Å². The van der Waals surface area contributed by atoms with E-state index in [2.05, 4.69) is 5.32 Å². The van der Waals surface area contributed by atoms with Crippen LogP contribution in [0.2, 0.25) is 0 Å². The van der Waals surface area contributed by atoms with Crippen LogP contribution < -0.4 is 14.8 Å². The number of ether oxygens (including phenoxy) is 2. The Labute approximate surface area is 129 Å². The van der Waals surface area contributed by atoms with Gasteiger partial charge in [0.05, 0.1) is 14.2 Å². The van der Waals surface area contributed by atoms with Gasteiger partial charge in [-0.05, 0) is 30.2 Å². The summed E-state index contributed by atoms with van der Waals surface area (Å²) >= 11 is 0. The Morgan fingerprint density at radius 2 is 1.73 bits per heavy atom. The molecular weight excluding hydrogens is 282 g/mol. The lowest BCUT2D eigenvalue weighted by molar-refractivity contribution is 0.0954. The monoisotopic (exact) mass is 301 g/mol. The van der Waals surface area contributed by atoms with E-state index in [0.717, 1.165) is 0 Å². The molecule has 0 heterocycles. The van der Waals surface area contributed by atoms with Crippen molar-refractivity contribution < 1.29 is 19.4 Å². The number of carbonyl (C=O) groups excluding carboxylic acids is 1. The van der Waals surface area contributed by atoms with Gasteiger partial charge in [-0.3, -0.25) is 4.79 Å². The molecule has 2 aromatic rings. The maximum Gasteiger partial charge on any atom is 0.251 e. The first-order valence-corrected chi connectivity index (χ1v) is 6.92. The molecule has 0 spiro atoms. The molecule has 0 radical (unpaired) electrons. The summed E-state index contributed by atoms with van der Waals surface area (Å²) in [4.78, 5) is 11.9. The normalized spacial score (nSPS) is 10.1. The number of aromatic hydroxyl groups is 1. The number of benzene rings is 2. The Morgan fingerprint density at radius 1 is 1.09 bits per heavy atom. The van der Waals surface area contributed by atoms with E-state index in [-0.39, 0.29) is 11.7 Å². The highest BCUT2D eigenvalue weighted by Gasteiger charge is 2.11. The van der Waals surface area contributed by atoms with Crippen LogP contribution in [-0.4, -0.2) is 31.8 Å². The molecule has 0 unspecified atom stereocenters. The molecule has 0 fully saturated rings. The summed E-state index contributed by atoms with van der Waals surface area (Å²) in [6.45, 7) is 0.413. The lowest BCUT2D eigenvalue weighted by Crippen LogP contribution is -2.25. The van der Waals surface area contributed by atoms with Crippen LogP contribution in [0.3, 0.4) is 0 Å². The summed E-state index contributed by atoms with van der Waals surface area (Å²) < 4.78 is 10.3. The summed E-state index contributed by atoms with van der Waals surface area (Å²) in [6.07, 6.45) is 0.491. The fourth-order valence-corrected chi connectivity index (χ4v) is 2.11. The molecule has 0 bridgehead atoms. The Bertz CT molecular complexity index is 641. The van der Waals surface area contributed by atoms with Gasteiger partial charge in [-0.1, -0.05) is 18.2 Å². The van der Waals surface area contributed by atoms with Gasteiger partial charge in [0.15, 0.2) is 11.5 Å². The topological polar surface area (TPSA) is 67.8 Å². The number of phenolic OH excluding ortho intramolecular Hbond substituents is 1. The van der Waals surface area contributed by atoms with Gasteiger partial charge in [0.25, 0.3) is 5.91 Å². The highest BCUT2D eigenvalue weighted by atomic mass is 16.5. The first-order chi connectivity index (χ1) is 10.7. The third-order valence-corrected chi connectivity index (χ3v) is 3.30. The van der Waals surface area contributed by atoms with Crippen LogP contribution >= 0.6 is 0 Å². The molecule has 0 aromatic heterocycles. The molecule has 2 N–H and O–H groups in total. The fourth-order valence-electron chi connectivity index (χ4n) is 2.11. The van der Waals surface area contributed by atoms with Gasteiger partial charge in [-0.2, -0.15) is 0 Å². The molecule has 116 valence electrons. The predicted octanol–water partition coefficient (Wildman–Crippen LogP) is 2.38. The second-order valence-electron chi connectivity index (χ2n) is 4.71. The smallest absolute Gasteiger partial charge is 0.251 e. The maximum absolute atomic E-state index is 11.9. The Kier molecular flexibility index (Phi) is 5.25. The van der Waals surface area contributed by atoms with Crippen LogP contribution in [0.1, 0.15) is 15.9 Å². The maximum atomic E-state index is 11.9. The number of methoxy groups -OCH3 is 2. The molecule has 0 aliphatic carbocycles. The average Bonchev–Trinajstić information content (AvgIpc) is 2.56. The van der Waals surface area contributed by atoms with Crippen molar-refractivity contribution in [3.63, 3.8) is 0 Å². The van der Waals surface area contributed by atoms with Crippen molar-refractivity contribution in [2.24, 2.45) is 0 Å². The number of hydrogen-bond acceptors (Lipinski definition) is 4. The van der Waals surface area contributed by atoms with Crippen molar-refractivity contribution in [1.82, 2.24) is 5.32 Å². The van der Waals surface area contributed by atoms with E-state index in [9.17, 15) is 9.90 Å². The van der Waals surface area contributed by atoms with E-state index in [0.29, 0.717) is 35.6 Å². The minimum atomic E-state index is -0.138. The second kappa shape index (κ2) is 7.36. The molecule has 2 rings (SSSR count). The molecular formula is C17H19NO4. The fraction of sp³-hybridized carbons (Fsp3) is 0.235. The van der Waals surface area contributed by atoms with Gasteiger partial charge in [0, 0.05) is 18.2 Å². The predicted molar refractivity (Wildman–Crippen MR) is 83.7 cm³/mol. The number of carbonyl (C=O) groups is 1. The summed E-state index contributed by atoms with van der Waals surface area (Å²) in [5.41, 5.74) is 1.30. The van der Waals surface area contributed by atoms with Crippen molar-refractivity contribution in [3.8, 4) is 17.2 Å². The van der Waals surface area contributed by atoms with Gasteiger partial charge in [0.2, 0.25) is 0 Å². The molecule has 2 aromatic carbocycles. The highest BCUT2D eigenvalue weighted by molar-refractivity contribution is 5.94. The Morgan fingerprint density at radius 3 is 2.36 bits per heavy atom. The Hall–Kier alpha value is -2.69. The number of phenols is 1. The van der Waals surface area contributed by atoms with Crippen molar-refractivity contribution in [3.05, 3.63) is 53.6 Å². The number of hydrogen-bond donors (Lipinski definition) is 2. The van der Waals surface area contributed by atoms with Crippen molar-refractivity contribution in [1.29, 1.82) is 0 Å². The van der Waals surface area contributed by atoms with Crippen LogP contribution in [0.4, 0.5) is 0 Å². The van der Waals surface area contributed by atoms with Crippen LogP contribution in [0.15, 0.2) is 42.5 Å². The van der Waals surface area contributed by atoms with Crippen LogP contribution in [0.25, 0.3) is 0 Å². The third kappa shape index (κ3) is 3.69. The molecule has 1 amide bonds. The zero-order valence-electron chi connectivity index (χ0n) is 12.6. The SMILES string of the molecule is COc1cc(O)c(CCNC(=O)c2ccccc2)cc1OC. The van der Waals surface area contributed by atoms with E-state index in [1.807, 2.05) is 18.2 Å². The van der Waals surface area contributed by atoms with Crippen molar-refractivity contribution in [2.75, 3.05) is 20.8 Å². The standard InChI is InChI=1S/C17H19NO4/c1-21-15-10-13(14(19)11-16(15)22-2)8-9-18-17(20)12-6-4-3-5-7-12/h3-7,10-11,19H,8-9H2,1-2H3,(H,18,20). The van der Waals surface area contributed by atoms with E-state index in [1.54, 1.807) is 18.2 Å². The zero-order chi connectivity index (χ0) is 15.9. The number of nitrogens with one attached hydrogen (secondary N) is 1. The highest BCUT2D eigenvalue weighted by Crippen LogP contribution is 2.34. The molecule has 0 saturated carbocycles. The van der Waals surface area contributed by atoms with Gasteiger partial charge >= 0.3 is 0 Å². The summed E-state index contributed by atoms with van der Waals surface area (Å²) in [6, 6.07) is 12.2. The largest absolute Gasteiger partial charge is 0.508 e. The lowest BCUT2D eigenvalue weighted by atomic mass is 10.1. The van der Waals surface area contributed by atoms with Crippen LogP contribution in [0, 0.1) is 0 Å². The van der Waals surface area contributed by atoms with E-state index < -0.39 is 0 Å². The quantitative estimate of drug-likeness (QED) is 0.859.